The van der Waals surface area contributed by atoms with Crippen LogP contribution in [0.3, 0.4) is 0 Å². The van der Waals surface area contributed by atoms with E-state index in [9.17, 15) is 9.59 Å². The summed E-state index contributed by atoms with van der Waals surface area (Å²) in [5.41, 5.74) is 1.96. The molecular formula is C18H20ClN3O2. The quantitative estimate of drug-likeness (QED) is 0.772. The van der Waals surface area contributed by atoms with Crippen molar-refractivity contribution in [2.45, 2.75) is 25.8 Å². The lowest BCUT2D eigenvalue weighted by molar-refractivity contribution is -0.122. The summed E-state index contributed by atoms with van der Waals surface area (Å²) in [4.78, 5) is 27.5. The number of nitrogens with one attached hydrogen (secondary N) is 2. The molecule has 0 aliphatic carbocycles. The highest BCUT2D eigenvalue weighted by Gasteiger charge is 2.05. The number of carbonyl (C=O) groups excluding carboxylic acids is 2. The van der Waals surface area contributed by atoms with Gasteiger partial charge in [-0.3, -0.25) is 14.6 Å². The Morgan fingerprint density at radius 3 is 2.54 bits per heavy atom. The first kappa shape index (κ1) is 17.9. The van der Waals surface area contributed by atoms with Crippen LogP contribution in [-0.2, 0) is 22.6 Å². The molecule has 5 nitrogen and oxygen atoms in total. The van der Waals surface area contributed by atoms with Crippen LogP contribution >= 0.6 is 11.6 Å². The second-order valence-corrected chi connectivity index (χ2v) is 5.80. The van der Waals surface area contributed by atoms with E-state index in [1.54, 1.807) is 18.5 Å². The average molecular weight is 346 g/mol. The van der Waals surface area contributed by atoms with Gasteiger partial charge in [0.25, 0.3) is 0 Å². The van der Waals surface area contributed by atoms with E-state index in [1.807, 2.05) is 30.3 Å². The number of amides is 2. The zero-order valence-corrected chi connectivity index (χ0v) is 14.1. The van der Waals surface area contributed by atoms with Crippen LogP contribution in [0.4, 0.5) is 0 Å². The topological polar surface area (TPSA) is 71.1 Å². The van der Waals surface area contributed by atoms with E-state index in [1.165, 1.54) is 0 Å². The van der Waals surface area contributed by atoms with Crippen LogP contribution in [0.2, 0.25) is 5.02 Å². The van der Waals surface area contributed by atoms with E-state index >= 15 is 0 Å². The molecule has 0 aliphatic heterocycles. The van der Waals surface area contributed by atoms with Gasteiger partial charge in [0.05, 0.1) is 0 Å². The first-order valence-electron chi connectivity index (χ1n) is 7.80. The molecule has 1 heterocycles. The molecule has 0 saturated heterocycles. The molecule has 6 heteroatoms. The fraction of sp³-hybridized carbons (Fsp3) is 0.278. The number of aryl methyl sites for hydroxylation is 1. The maximum atomic E-state index is 11.8. The first-order valence-corrected chi connectivity index (χ1v) is 8.18. The number of nitrogens with zero attached hydrogens (tertiary/aromatic N) is 1. The van der Waals surface area contributed by atoms with Gasteiger partial charge in [-0.05, 0) is 35.7 Å². The molecule has 2 rings (SSSR count). The van der Waals surface area contributed by atoms with Gasteiger partial charge in [0.2, 0.25) is 11.8 Å². The zero-order chi connectivity index (χ0) is 17.2. The minimum atomic E-state index is -0.103. The van der Waals surface area contributed by atoms with Gasteiger partial charge in [-0.2, -0.15) is 0 Å². The SMILES string of the molecule is O=C(CCc1cccc(Cl)c1)NCCC(=O)NCc1cccnc1. The zero-order valence-electron chi connectivity index (χ0n) is 13.3. The predicted octanol–water partition coefficient (Wildman–Crippen LogP) is 2.49. The van der Waals surface area contributed by atoms with Crippen molar-refractivity contribution in [3.05, 3.63) is 64.9 Å². The molecule has 126 valence electrons. The predicted molar refractivity (Wildman–Crippen MR) is 93.5 cm³/mol. The normalized spacial score (nSPS) is 10.2. The molecule has 0 bridgehead atoms. The highest BCUT2D eigenvalue weighted by Crippen LogP contribution is 2.11. The second kappa shape index (κ2) is 9.67. The summed E-state index contributed by atoms with van der Waals surface area (Å²) >= 11 is 5.90. The Bertz CT molecular complexity index is 677. The Balaban J connectivity index is 1.59. The summed E-state index contributed by atoms with van der Waals surface area (Å²) in [6, 6.07) is 11.2. The molecule has 0 spiro atoms. The summed E-state index contributed by atoms with van der Waals surface area (Å²) in [7, 11) is 0. The highest BCUT2D eigenvalue weighted by molar-refractivity contribution is 6.30. The number of halogens is 1. The Labute approximate surface area is 146 Å². The highest BCUT2D eigenvalue weighted by atomic mass is 35.5. The second-order valence-electron chi connectivity index (χ2n) is 5.37. The van der Waals surface area contributed by atoms with Gasteiger partial charge < -0.3 is 10.6 Å². The van der Waals surface area contributed by atoms with Crippen molar-refractivity contribution in [2.75, 3.05) is 6.54 Å². The molecule has 1 aromatic heterocycles. The van der Waals surface area contributed by atoms with Crippen molar-refractivity contribution >= 4 is 23.4 Å². The van der Waals surface area contributed by atoms with Crippen molar-refractivity contribution in [3.63, 3.8) is 0 Å². The maximum Gasteiger partial charge on any atom is 0.222 e. The van der Waals surface area contributed by atoms with Gasteiger partial charge in [0.1, 0.15) is 0 Å². The molecule has 0 saturated carbocycles. The molecule has 2 N–H and O–H groups in total. The third-order valence-corrected chi connectivity index (χ3v) is 3.65. The number of hydrogen-bond acceptors (Lipinski definition) is 3. The lowest BCUT2D eigenvalue weighted by Gasteiger charge is -2.07. The van der Waals surface area contributed by atoms with Gasteiger partial charge in [0, 0.05) is 43.3 Å². The van der Waals surface area contributed by atoms with Crippen LogP contribution in [0.5, 0.6) is 0 Å². The van der Waals surface area contributed by atoms with E-state index in [4.69, 9.17) is 11.6 Å². The Hall–Kier alpha value is -2.40. The summed E-state index contributed by atoms with van der Waals surface area (Å²) in [5, 5.41) is 6.21. The standard InChI is InChI=1S/C18H20ClN3O2/c19-16-5-1-3-14(11-16)6-7-17(23)21-10-8-18(24)22-13-15-4-2-9-20-12-15/h1-5,9,11-12H,6-8,10,13H2,(H,21,23)(H,22,24). The van der Waals surface area contributed by atoms with Gasteiger partial charge in [-0.15, -0.1) is 0 Å². The van der Waals surface area contributed by atoms with Crippen molar-refractivity contribution in [2.24, 2.45) is 0 Å². The van der Waals surface area contributed by atoms with Crippen LogP contribution in [0.1, 0.15) is 24.0 Å². The fourth-order valence-corrected chi connectivity index (χ4v) is 2.36. The minimum Gasteiger partial charge on any atom is -0.356 e. The number of benzene rings is 1. The van der Waals surface area contributed by atoms with Gasteiger partial charge in [-0.1, -0.05) is 29.8 Å². The summed E-state index contributed by atoms with van der Waals surface area (Å²) in [6.45, 7) is 0.767. The minimum absolute atomic E-state index is 0.0740. The van der Waals surface area contributed by atoms with Crippen molar-refractivity contribution in [1.29, 1.82) is 0 Å². The van der Waals surface area contributed by atoms with Crippen LogP contribution in [0.15, 0.2) is 48.8 Å². The third kappa shape index (κ3) is 6.79. The van der Waals surface area contributed by atoms with Gasteiger partial charge >= 0.3 is 0 Å². The lowest BCUT2D eigenvalue weighted by atomic mass is 10.1. The van der Waals surface area contributed by atoms with E-state index in [0.29, 0.717) is 31.0 Å². The Morgan fingerprint density at radius 1 is 1.00 bits per heavy atom. The average Bonchev–Trinajstić information content (AvgIpc) is 2.59. The number of aromatic nitrogens is 1. The van der Waals surface area contributed by atoms with Crippen molar-refractivity contribution in [3.8, 4) is 0 Å². The van der Waals surface area contributed by atoms with Crippen molar-refractivity contribution in [1.82, 2.24) is 15.6 Å². The van der Waals surface area contributed by atoms with E-state index in [0.717, 1.165) is 11.1 Å². The molecule has 1 aromatic carbocycles. The molecule has 24 heavy (non-hydrogen) atoms. The summed E-state index contributed by atoms with van der Waals surface area (Å²) in [5.74, 6) is -0.177. The monoisotopic (exact) mass is 345 g/mol. The molecule has 0 atom stereocenters. The number of pyridine rings is 1. The smallest absolute Gasteiger partial charge is 0.222 e. The van der Waals surface area contributed by atoms with Crippen molar-refractivity contribution < 1.29 is 9.59 Å². The van der Waals surface area contributed by atoms with Crippen LogP contribution < -0.4 is 10.6 Å². The number of rotatable bonds is 8. The number of carbonyl (C=O) groups is 2. The van der Waals surface area contributed by atoms with Gasteiger partial charge in [0.15, 0.2) is 0 Å². The fourth-order valence-electron chi connectivity index (χ4n) is 2.15. The van der Waals surface area contributed by atoms with E-state index < -0.39 is 0 Å². The van der Waals surface area contributed by atoms with Gasteiger partial charge in [-0.25, -0.2) is 0 Å². The molecule has 0 aliphatic rings. The van der Waals surface area contributed by atoms with E-state index in [-0.39, 0.29) is 18.2 Å². The largest absolute Gasteiger partial charge is 0.356 e. The van der Waals surface area contributed by atoms with Crippen LogP contribution in [0.25, 0.3) is 0 Å². The first-order chi connectivity index (χ1) is 11.6. The number of hydrogen-bond donors (Lipinski definition) is 2. The molecule has 0 unspecified atom stereocenters. The summed E-state index contributed by atoms with van der Waals surface area (Å²) < 4.78 is 0. The van der Waals surface area contributed by atoms with Crippen LogP contribution in [-0.4, -0.2) is 23.3 Å². The third-order valence-electron chi connectivity index (χ3n) is 3.42. The van der Waals surface area contributed by atoms with E-state index in [2.05, 4.69) is 15.6 Å². The Morgan fingerprint density at radius 2 is 1.79 bits per heavy atom. The molecule has 2 amide bonds. The Kier molecular flexibility index (Phi) is 7.23. The lowest BCUT2D eigenvalue weighted by Crippen LogP contribution is -2.30. The summed E-state index contributed by atoms with van der Waals surface area (Å²) in [6.07, 6.45) is 4.64. The molecule has 2 aromatic rings. The maximum absolute atomic E-state index is 11.8. The molecule has 0 radical (unpaired) electrons. The molecular weight excluding hydrogens is 326 g/mol. The van der Waals surface area contributed by atoms with Crippen LogP contribution in [0, 0.1) is 0 Å². The molecule has 0 fully saturated rings.